The van der Waals surface area contributed by atoms with Crippen molar-refractivity contribution in [2.24, 2.45) is 0 Å². The van der Waals surface area contributed by atoms with Crippen molar-refractivity contribution >= 4 is 53.0 Å². The molecule has 18 heteroatoms. The molecule has 0 unspecified atom stereocenters. The van der Waals surface area contributed by atoms with Gasteiger partial charge in [0, 0.05) is 88.1 Å². The summed E-state index contributed by atoms with van der Waals surface area (Å²) in [7, 11) is -1.34. The fraction of sp³-hybridized carbons (Fsp3) is 0.375. The summed E-state index contributed by atoms with van der Waals surface area (Å²) in [6.07, 6.45) is 1.60. The molecule has 4 aromatic carbocycles. The third-order valence-electron chi connectivity index (χ3n) is 12.0. The summed E-state index contributed by atoms with van der Waals surface area (Å²) in [6, 6.07) is 22.4. The van der Waals surface area contributed by atoms with Crippen LogP contribution in [0.1, 0.15) is 44.8 Å². The molecule has 352 valence electrons. The van der Waals surface area contributed by atoms with Crippen LogP contribution in [0.4, 0.5) is 10.3 Å². The largest absolute Gasteiger partial charge is 0.497 e. The zero-order chi connectivity index (χ0) is 47.2. The highest BCUT2D eigenvalue weighted by atomic mass is 32.2. The standard InChI is InChI=1S/2C24H29N3O4S2/c1-17-5-6-18(2)19(13-17)14-20-16-32-24(25-20)26-9-11-27(12-10-26)33(28,29)23-8-7-21(30-3)15-22(23)31-4;1-17-6-5-7-19(18(17)2)14-20-16-32-24(25-20)26-10-12-27(13-11-26)33(28,29)23-9-8-21(30-3)15-22(23)31-4/h5-8,13,15-16H,9-12,14H2,1-4H3;5-9,15-16H,10-14H2,1-4H3. The van der Waals surface area contributed by atoms with Gasteiger partial charge in [-0.25, -0.2) is 26.8 Å². The van der Waals surface area contributed by atoms with Crippen LogP contribution in [0.5, 0.6) is 23.0 Å². The van der Waals surface area contributed by atoms with Gasteiger partial charge in [0.2, 0.25) is 20.0 Å². The molecule has 0 spiro atoms. The molecule has 0 amide bonds. The van der Waals surface area contributed by atoms with Crippen molar-refractivity contribution < 1.29 is 35.8 Å². The Hall–Kier alpha value is -5.24. The number of hydrogen-bond acceptors (Lipinski definition) is 14. The molecule has 2 aromatic heterocycles. The molecule has 0 atom stereocenters. The van der Waals surface area contributed by atoms with Crippen LogP contribution >= 0.6 is 22.7 Å². The average molecular weight is 975 g/mol. The van der Waals surface area contributed by atoms with Gasteiger partial charge in [0.05, 0.1) is 39.8 Å². The van der Waals surface area contributed by atoms with Gasteiger partial charge in [-0.05, 0) is 79.8 Å². The van der Waals surface area contributed by atoms with Gasteiger partial charge >= 0.3 is 0 Å². The molecule has 8 rings (SSSR count). The molecule has 4 heterocycles. The van der Waals surface area contributed by atoms with Crippen molar-refractivity contribution in [1.29, 1.82) is 0 Å². The molecule has 0 saturated carbocycles. The van der Waals surface area contributed by atoms with Crippen molar-refractivity contribution in [2.45, 2.75) is 50.3 Å². The van der Waals surface area contributed by atoms with E-state index in [-0.39, 0.29) is 21.3 Å². The molecule has 2 aliphatic rings. The lowest BCUT2D eigenvalue weighted by atomic mass is 10.0. The summed E-state index contributed by atoms with van der Waals surface area (Å²) in [5, 5.41) is 6.08. The topological polar surface area (TPSA) is 144 Å². The van der Waals surface area contributed by atoms with Crippen LogP contribution in [-0.2, 0) is 32.9 Å². The molecule has 0 radical (unpaired) electrons. The number of rotatable bonds is 14. The van der Waals surface area contributed by atoms with Crippen molar-refractivity contribution in [1.82, 2.24) is 18.6 Å². The molecule has 2 fully saturated rings. The highest BCUT2D eigenvalue weighted by Crippen LogP contribution is 2.34. The second-order valence-electron chi connectivity index (χ2n) is 16.2. The lowest BCUT2D eigenvalue weighted by molar-refractivity contribution is 0.369. The number of anilines is 2. The van der Waals surface area contributed by atoms with Gasteiger partial charge in [-0.15, -0.1) is 22.7 Å². The first-order valence-electron chi connectivity index (χ1n) is 21.6. The quantitative estimate of drug-likeness (QED) is 0.105. The van der Waals surface area contributed by atoms with Crippen LogP contribution in [-0.4, -0.2) is 116 Å². The van der Waals surface area contributed by atoms with Gasteiger partial charge in [0.25, 0.3) is 0 Å². The molecular formula is C48H58N6O8S4. The van der Waals surface area contributed by atoms with E-state index in [4.69, 9.17) is 28.9 Å². The van der Waals surface area contributed by atoms with Crippen LogP contribution in [0.2, 0.25) is 0 Å². The minimum absolute atomic E-state index is 0.157. The molecule has 0 aliphatic carbocycles. The Labute approximate surface area is 397 Å². The van der Waals surface area contributed by atoms with E-state index in [1.54, 1.807) is 59.1 Å². The van der Waals surface area contributed by atoms with E-state index in [1.807, 2.05) is 0 Å². The number of benzene rings is 4. The Morgan fingerprint density at radius 2 is 1.00 bits per heavy atom. The first-order valence-corrected chi connectivity index (χ1v) is 26.2. The third-order valence-corrected chi connectivity index (χ3v) is 17.8. The van der Waals surface area contributed by atoms with Crippen molar-refractivity contribution in [3.63, 3.8) is 0 Å². The second-order valence-corrected chi connectivity index (χ2v) is 21.7. The highest BCUT2D eigenvalue weighted by molar-refractivity contribution is 7.89. The molecular weight excluding hydrogens is 917 g/mol. The molecule has 2 saturated heterocycles. The smallest absolute Gasteiger partial charge is 0.246 e. The lowest BCUT2D eigenvalue weighted by Crippen LogP contribution is -2.48. The number of aryl methyl sites for hydroxylation is 3. The van der Waals surface area contributed by atoms with Gasteiger partial charge < -0.3 is 28.7 Å². The van der Waals surface area contributed by atoms with Crippen LogP contribution < -0.4 is 28.7 Å². The third kappa shape index (κ3) is 11.0. The number of nitrogens with zero attached hydrogens (tertiary/aromatic N) is 6. The fourth-order valence-electron chi connectivity index (χ4n) is 7.92. The normalized spacial score (nSPS) is 15.0. The van der Waals surface area contributed by atoms with Gasteiger partial charge in [-0.1, -0.05) is 42.0 Å². The van der Waals surface area contributed by atoms with Gasteiger partial charge in [-0.3, -0.25) is 0 Å². The van der Waals surface area contributed by atoms with Crippen molar-refractivity contribution in [3.8, 4) is 23.0 Å². The summed E-state index contributed by atoms with van der Waals surface area (Å²) in [6.45, 7) is 12.4. The summed E-state index contributed by atoms with van der Waals surface area (Å²) in [5.74, 6) is 1.67. The minimum Gasteiger partial charge on any atom is -0.497 e. The Morgan fingerprint density at radius 3 is 1.45 bits per heavy atom. The first kappa shape index (κ1) is 48.7. The Morgan fingerprint density at radius 1 is 0.530 bits per heavy atom. The van der Waals surface area contributed by atoms with E-state index in [1.165, 1.54) is 70.4 Å². The number of hydrogen-bond donors (Lipinski definition) is 0. The second kappa shape index (κ2) is 21.2. The number of ether oxygens (including phenoxy) is 4. The summed E-state index contributed by atoms with van der Waals surface area (Å²) in [4.78, 5) is 14.3. The van der Waals surface area contributed by atoms with Gasteiger partial charge in [-0.2, -0.15) is 8.61 Å². The van der Waals surface area contributed by atoms with Crippen LogP contribution in [0, 0.1) is 27.7 Å². The number of sulfonamides is 2. The number of aromatic nitrogens is 2. The van der Waals surface area contributed by atoms with E-state index in [9.17, 15) is 16.8 Å². The number of methoxy groups -OCH3 is 4. The summed E-state index contributed by atoms with van der Waals surface area (Å²) in [5.41, 5.74) is 9.77. The van der Waals surface area contributed by atoms with Gasteiger partial charge in [0.1, 0.15) is 32.8 Å². The molecule has 2 aliphatic heterocycles. The minimum atomic E-state index is -3.67. The first-order chi connectivity index (χ1) is 31.6. The maximum atomic E-state index is 13.3. The zero-order valence-corrected chi connectivity index (χ0v) is 42.0. The Balaban J connectivity index is 0.000000196. The van der Waals surface area contributed by atoms with E-state index in [0.717, 1.165) is 34.5 Å². The van der Waals surface area contributed by atoms with Crippen LogP contribution in [0.3, 0.4) is 0 Å². The van der Waals surface area contributed by atoms with E-state index in [0.29, 0.717) is 63.9 Å². The molecule has 0 N–H and O–H groups in total. The summed E-state index contributed by atoms with van der Waals surface area (Å²) >= 11 is 3.23. The molecule has 6 aromatic rings. The predicted octanol–water partition coefficient (Wildman–Crippen LogP) is 7.76. The number of piperazine rings is 2. The Bertz CT molecular complexity index is 2710. The fourth-order valence-corrected chi connectivity index (χ4v) is 12.8. The molecule has 66 heavy (non-hydrogen) atoms. The maximum absolute atomic E-state index is 13.3. The van der Waals surface area contributed by atoms with Gasteiger partial charge in [0.15, 0.2) is 10.3 Å². The van der Waals surface area contributed by atoms with E-state index >= 15 is 0 Å². The molecule has 14 nitrogen and oxygen atoms in total. The molecule has 0 bridgehead atoms. The van der Waals surface area contributed by atoms with E-state index in [2.05, 4.69) is 84.7 Å². The Kier molecular flexibility index (Phi) is 15.6. The number of thiazole rings is 2. The summed E-state index contributed by atoms with van der Waals surface area (Å²) < 4.78 is 77.0. The van der Waals surface area contributed by atoms with Crippen molar-refractivity contribution in [3.05, 3.63) is 128 Å². The maximum Gasteiger partial charge on any atom is 0.246 e. The van der Waals surface area contributed by atoms with Crippen LogP contribution in [0.25, 0.3) is 0 Å². The SMILES string of the molecule is COc1ccc(S(=O)(=O)N2CCN(c3nc(Cc4cc(C)ccc4C)cs3)CC2)c(OC)c1.COc1ccc(S(=O)(=O)N2CCN(c3nc(Cc4cccc(C)c4C)cs3)CC2)c(OC)c1. The lowest BCUT2D eigenvalue weighted by Gasteiger charge is -2.34. The average Bonchev–Trinajstić information content (AvgIpc) is 4.01. The van der Waals surface area contributed by atoms with E-state index < -0.39 is 20.0 Å². The highest BCUT2D eigenvalue weighted by Gasteiger charge is 2.33. The monoisotopic (exact) mass is 974 g/mol. The van der Waals surface area contributed by atoms with Crippen LogP contribution in [0.15, 0.2) is 93.3 Å². The predicted molar refractivity (Wildman–Crippen MR) is 263 cm³/mol. The van der Waals surface area contributed by atoms with Crippen molar-refractivity contribution in [2.75, 3.05) is 90.6 Å². The zero-order valence-electron chi connectivity index (χ0n) is 38.7.